The van der Waals surface area contributed by atoms with Crippen molar-refractivity contribution in [3.63, 3.8) is 0 Å². The molecule has 0 N–H and O–H groups in total. The molecule has 4 rings (SSSR count). The Hall–Kier alpha value is -2.52. The second kappa shape index (κ2) is 6.77. The highest BCUT2D eigenvalue weighted by Crippen LogP contribution is 2.30. The largest absolute Gasteiger partial charge is 0.295 e. The highest BCUT2D eigenvalue weighted by Gasteiger charge is 2.20. The minimum Gasteiger partial charge on any atom is -0.295 e. The number of hydrogen-bond acceptors (Lipinski definition) is 2. The van der Waals surface area contributed by atoms with Crippen LogP contribution in [0.3, 0.4) is 0 Å². The average Bonchev–Trinajstić information content (AvgIpc) is 3.05. The zero-order chi connectivity index (χ0) is 17.2. The summed E-state index contributed by atoms with van der Waals surface area (Å²) in [5.74, 6) is -0.222. The lowest BCUT2D eigenvalue weighted by Gasteiger charge is -2.14. The van der Waals surface area contributed by atoms with Crippen molar-refractivity contribution in [3.8, 4) is 0 Å². The number of ketones is 1. The summed E-state index contributed by atoms with van der Waals surface area (Å²) >= 11 is 0. The quantitative estimate of drug-likeness (QED) is 0.615. The van der Waals surface area contributed by atoms with Crippen molar-refractivity contribution in [2.45, 2.75) is 25.9 Å². The van der Waals surface area contributed by atoms with Crippen LogP contribution in [0.1, 0.15) is 34.3 Å². The van der Waals surface area contributed by atoms with Crippen LogP contribution in [-0.4, -0.2) is 17.2 Å². The molecule has 3 aromatic rings. The van der Waals surface area contributed by atoms with E-state index in [1.165, 1.54) is 34.0 Å². The van der Waals surface area contributed by atoms with Gasteiger partial charge >= 0.3 is 0 Å². The first-order valence-corrected chi connectivity index (χ1v) is 8.71. The smallest absolute Gasteiger partial charge is 0.162 e. The summed E-state index contributed by atoms with van der Waals surface area (Å²) in [6, 6.07) is 18.7. The normalized spacial score (nSPS) is 14.0. The molecule has 0 unspecified atom stereocenters. The van der Waals surface area contributed by atoms with Crippen LogP contribution in [0.5, 0.6) is 0 Å². The van der Waals surface area contributed by atoms with Crippen molar-refractivity contribution in [2.75, 3.05) is 6.54 Å². The van der Waals surface area contributed by atoms with Gasteiger partial charge in [0.25, 0.3) is 0 Å². The van der Waals surface area contributed by atoms with Gasteiger partial charge in [-0.2, -0.15) is 0 Å². The molecule has 0 amide bonds. The Kier molecular flexibility index (Phi) is 4.33. The molecule has 0 aliphatic carbocycles. The third kappa shape index (κ3) is 3.33. The van der Waals surface area contributed by atoms with Gasteiger partial charge in [0, 0.05) is 25.1 Å². The Bertz CT molecular complexity index is 917. The van der Waals surface area contributed by atoms with Crippen molar-refractivity contribution in [3.05, 3.63) is 83.2 Å². The van der Waals surface area contributed by atoms with Gasteiger partial charge in [0.05, 0.1) is 0 Å². The van der Waals surface area contributed by atoms with Crippen LogP contribution < -0.4 is 0 Å². The van der Waals surface area contributed by atoms with Crippen LogP contribution in [0.25, 0.3) is 10.8 Å². The molecule has 3 heteroatoms. The van der Waals surface area contributed by atoms with E-state index in [0.29, 0.717) is 12.0 Å². The summed E-state index contributed by atoms with van der Waals surface area (Å²) in [4.78, 5) is 14.6. The van der Waals surface area contributed by atoms with Gasteiger partial charge in [0.1, 0.15) is 5.82 Å². The first-order valence-electron chi connectivity index (χ1n) is 8.71. The van der Waals surface area contributed by atoms with Gasteiger partial charge in [-0.1, -0.05) is 36.4 Å². The first kappa shape index (κ1) is 16.0. The maximum atomic E-state index is 12.9. The van der Waals surface area contributed by atoms with E-state index in [4.69, 9.17) is 0 Å². The molecule has 1 aliphatic rings. The van der Waals surface area contributed by atoms with Crippen molar-refractivity contribution >= 4 is 16.6 Å². The van der Waals surface area contributed by atoms with Crippen molar-refractivity contribution in [1.82, 2.24) is 4.90 Å². The van der Waals surface area contributed by atoms with Gasteiger partial charge in [-0.3, -0.25) is 9.69 Å². The fourth-order valence-electron chi connectivity index (χ4n) is 3.64. The Morgan fingerprint density at radius 3 is 2.60 bits per heavy atom. The third-order valence-electron chi connectivity index (χ3n) is 4.96. The topological polar surface area (TPSA) is 20.3 Å². The zero-order valence-electron chi connectivity index (χ0n) is 14.0. The van der Waals surface area contributed by atoms with Crippen LogP contribution in [0.4, 0.5) is 4.39 Å². The maximum absolute atomic E-state index is 12.9. The number of halogens is 1. The van der Waals surface area contributed by atoms with Crippen molar-refractivity contribution in [2.24, 2.45) is 0 Å². The van der Waals surface area contributed by atoms with Gasteiger partial charge in [-0.05, 0) is 59.1 Å². The molecule has 0 spiro atoms. The molecule has 0 fully saturated rings. The lowest BCUT2D eigenvalue weighted by atomic mass is 10.0. The Labute approximate surface area is 146 Å². The molecule has 1 heterocycles. The number of carbonyl (C=O) groups excluding carboxylic acids is 1. The second-order valence-electron chi connectivity index (χ2n) is 6.67. The molecule has 2 nitrogen and oxygen atoms in total. The molecular formula is C22H20FNO. The van der Waals surface area contributed by atoms with Gasteiger partial charge in [0.2, 0.25) is 0 Å². The zero-order valence-corrected chi connectivity index (χ0v) is 14.0. The number of benzene rings is 3. The lowest BCUT2D eigenvalue weighted by molar-refractivity contribution is 0.0974. The predicted octanol–water partition coefficient (Wildman–Crippen LogP) is 4.96. The van der Waals surface area contributed by atoms with Gasteiger partial charge < -0.3 is 0 Å². The predicted molar refractivity (Wildman–Crippen MR) is 98.0 cm³/mol. The number of rotatable bonds is 5. The van der Waals surface area contributed by atoms with E-state index >= 15 is 0 Å². The Balaban J connectivity index is 1.36. The van der Waals surface area contributed by atoms with Crippen molar-refractivity contribution < 1.29 is 9.18 Å². The average molecular weight is 333 g/mol. The Morgan fingerprint density at radius 1 is 0.960 bits per heavy atom. The highest BCUT2D eigenvalue weighted by atomic mass is 19.1. The van der Waals surface area contributed by atoms with Gasteiger partial charge in [-0.15, -0.1) is 0 Å². The molecule has 0 atom stereocenters. The molecule has 3 aromatic carbocycles. The number of Topliss-reactive ketones (excluding diaryl/α,β-unsaturated/α-hetero) is 1. The molecule has 0 saturated carbocycles. The fourth-order valence-corrected chi connectivity index (χ4v) is 3.64. The molecule has 25 heavy (non-hydrogen) atoms. The van der Waals surface area contributed by atoms with E-state index in [0.717, 1.165) is 26.1 Å². The summed E-state index contributed by atoms with van der Waals surface area (Å²) in [7, 11) is 0. The summed E-state index contributed by atoms with van der Waals surface area (Å²) in [6.07, 6.45) is 1.32. The van der Waals surface area contributed by atoms with Gasteiger partial charge in [-0.25, -0.2) is 4.39 Å². The van der Waals surface area contributed by atoms with E-state index < -0.39 is 0 Å². The number of nitrogens with zero attached hydrogens (tertiary/aromatic N) is 1. The summed E-state index contributed by atoms with van der Waals surface area (Å²) in [5, 5.41) is 2.62. The molecule has 126 valence electrons. The monoisotopic (exact) mass is 333 g/mol. The third-order valence-corrected chi connectivity index (χ3v) is 4.96. The second-order valence-corrected chi connectivity index (χ2v) is 6.67. The summed E-state index contributed by atoms with van der Waals surface area (Å²) < 4.78 is 12.9. The summed E-state index contributed by atoms with van der Waals surface area (Å²) in [6.45, 7) is 2.79. The Morgan fingerprint density at radius 2 is 1.76 bits per heavy atom. The molecule has 0 bridgehead atoms. The first-order chi connectivity index (χ1) is 12.2. The molecular weight excluding hydrogens is 313 g/mol. The molecule has 0 saturated heterocycles. The standard InChI is InChI=1S/C22H20FNO/c23-19-11-9-17(10-12-19)22(25)6-3-13-24-14-18-8-7-16-4-1-2-5-20(16)21(18)15-24/h1-2,4-5,7-12H,3,6,13-15H2. The van der Waals surface area contributed by atoms with E-state index in [9.17, 15) is 9.18 Å². The van der Waals surface area contributed by atoms with Crippen LogP contribution in [0.15, 0.2) is 60.7 Å². The molecule has 1 aliphatic heterocycles. The van der Waals surface area contributed by atoms with Crippen LogP contribution in [0.2, 0.25) is 0 Å². The van der Waals surface area contributed by atoms with Crippen LogP contribution in [0, 0.1) is 5.82 Å². The van der Waals surface area contributed by atoms with Crippen molar-refractivity contribution in [1.29, 1.82) is 0 Å². The molecule has 0 radical (unpaired) electrons. The highest BCUT2D eigenvalue weighted by molar-refractivity contribution is 5.96. The van der Waals surface area contributed by atoms with Crippen LogP contribution in [-0.2, 0) is 13.1 Å². The fraction of sp³-hybridized carbons (Fsp3) is 0.227. The number of fused-ring (bicyclic) bond motifs is 3. The van der Waals surface area contributed by atoms with E-state index in [1.807, 2.05) is 0 Å². The lowest BCUT2D eigenvalue weighted by Crippen LogP contribution is -2.18. The number of carbonyl (C=O) groups is 1. The number of hydrogen-bond donors (Lipinski definition) is 0. The summed E-state index contributed by atoms with van der Waals surface area (Å²) in [5.41, 5.74) is 3.41. The molecule has 0 aromatic heterocycles. The SMILES string of the molecule is O=C(CCCN1Cc2ccc3ccccc3c2C1)c1ccc(F)cc1. The minimum atomic E-state index is -0.307. The van der Waals surface area contributed by atoms with E-state index in [-0.39, 0.29) is 11.6 Å². The minimum absolute atomic E-state index is 0.0853. The van der Waals surface area contributed by atoms with E-state index in [1.54, 1.807) is 12.1 Å². The van der Waals surface area contributed by atoms with Gasteiger partial charge in [0.15, 0.2) is 5.78 Å². The maximum Gasteiger partial charge on any atom is 0.162 e. The van der Waals surface area contributed by atoms with E-state index in [2.05, 4.69) is 41.3 Å². The van der Waals surface area contributed by atoms with Crippen LogP contribution >= 0.6 is 0 Å².